The zero-order chi connectivity index (χ0) is 11.8. The highest BCUT2D eigenvalue weighted by molar-refractivity contribution is 6.30. The van der Waals surface area contributed by atoms with Gasteiger partial charge in [0.1, 0.15) is 5.60 Å². The average Bonchev–Trinajstić information content (AvgIpc) is 2.62. The van der Waals surface area contributed by atoms with E-state index in [0.29, 0.717) is 18.1 Å². The van der Waals surface area contributed by atoms with E-state index in [0.717, 1.165) is 5.56 Å². The van der Waals surface area contributed by atoms with E-state index in [1.165, 1.54) is 0 Å². The summed E-state index contributed by atoms with van der Waals surface area (Å²) in [4.78, 5) is 11.2. The largest absolute Gasteiger partial charge is 0.481 e. The van der Waals surface area contributed by atoms with E-state index in [2.05, 4.69) is 0 Å². The van der Waals surface area contributed by atoms with E-state index >= 15 is 0 Å². The molecule has 2 atom stereocenters. The summed E-state index contributed by atoms with van der Waals surface area (Å²) in [5.74, 6) is -1.30. The highest BCUT2D eigenvalue weighted by Gasteiger charge is 2.45. The van der Waals surface area contributed by atoms with Gasteiger partial charge in [0.2, 0.25) is 0 Å². The standard InChI is InChI=1S/C12H13ClO3/c1-12(8-2-4-9(13)5-3-8)10(11(14)15)6-7-16-12/h2-5,10H,6-7H2,1H3,(H,14,15). The summed E-state index contributed by atoms with van der Waals surface area (Å²) in [6.07, 6.45) is 0.550. The van der Waals surface area contributed by atoms with Crippen LogP contribution < -0.4 is 0 Å². The molecule has 0 saturated carbocycles. The van der Waals surface area contributed by atoms with Crippen molar-refractivity contribution in [2.24, 2.45) is 5.92 Å². The molecule has 1 aromatic rings. The Morgan fingerprint density at radius 2 is 2.12 bits per heavy atom. The molecular weight excluding hydrogens is 228 g/mol. The van der Waals surface area contributed by atoms with Gasteiger partial charge < -0.3 is 9.84 Å². The Morgan fingerprint density at radius 3 is 2.69 bits per heavy atom. The number of carboxylic acids is 1. The summed E-state index contributed by atoms with van der Waals surface area (Å²) in [7, 11) is 0. The second-order valence-electron chi connectivity index (χ2n) is 4.14. The summed E-state index contributed by atoms with van der Waals surface area (Å²) >= 11 is 5.81. The third-order valence-electron chi connectivity index (χ3n) is 3.19. The highest BCUT2D eigenvalue weighted by Crippen LogP contribution is 2.41. The number of aliphatic carboxylic acids is 1. The number of halogens is 1. The molecule has 0 aliphatic carbocycles. The molecule has 2 unspecified atom stereocenters. The fraction of sp³-hybridized carbons (Fsp3) is 0.417. The van der Waals surface area contributed by atoms with Gasteiger partial charge in [-0.05, 0) is 31.0 Å². The maximum Gasteiger partial charge on any atom is 0.309 e. The van der Waals surface area contributed by atoms with Crippen LogP contribution in [0.15, 0.2) is 24.3 Å². The second kappa shape index (κ2) is 4.07. The molecule has 0 aromatic heterocycles. The number of hydrogen-bond donors (Lipinski definition) is 1. The first-order chi connectivity index (χ1) is 7.54. The van der Waals surface area contributed by atoms with Gasteiger partial charge in [-0.3, -0.25) is 4.79 Å². The van der Waals surface area contributed by atoms with E-state index in [9.17, 15) is 4.79 Å². The van der Waals surface area contributed by atoms with E-state index in [1.54, 1.807) is 12.1 Å². The summed E-state index contributed by atoms with van der Waals surface area (Å²) < 4.78 is 5.62. The molecule has 1 saturated heterocycles. The maximum absolute atomic E-state index is 11.2. The van der Waals surface area contributed by atoms with Crippen molar-refractivity contribution in [1.29, 1.82) is 0 Å². The zero-order valence-electron chi connectivity index (χ0n) is 8.94. The molecule has 16 heavy (non-hydrogen) atoms. The van der Waals surface area contributed by atoms with Crippen LogP contribution in [0.3, 0.4) is 0 Å². The zero-order valence-corrected chi connectivity index (χ0v) is 9.70. The van der Waals surface area contributed by atoms with Crippen LogP contribution in [0.5, 0.6) is 0 Å². The van der Waals surface area contributed by atoms with Crippen molar-refractivity contribution < 1.29 is 14.6 Å². The van der Waals surface area contributed by atoms with Crippen molar-refractivity contribution in [3.8, 4) is 0 Å². The molecule has 1 aliphatic rings. The lowest BCUT2D eigenvalue weighted by atomic mass is 9.83. The molecule has 0 amide bonds. The van der Waals surface area contributed by atoms with Gasteiger partial charge in [0.15, 0.2) is 0 Å². The Morgan fingerprint density at radius 1 is 1.50 bits per heavy atom. The van der Waals surface area contributed by atoms with Crippen molar-refractivity contribution in [1.82, 2.24) is 0 Å². The number of carbonyl (C=O) groups is 1. The first kappa shape index (κ1) is 11.4. The number of ether oxygens (including phenoxy) is 1. The van der Waals surface area contributed by atoms with Crippen LogP contribution in [0, 0.1) is 5.92 Å². The van der Waals surface area contributed by atoms with Gasteiger partial charge in [0, 0.05) is 11.6 Å². The first-order valence-electron chi connectivity index (χ1n) is 5.17. The molecule has 0 radical (unpaired) electrons. The Bertz CT molecular complexity index is 401. The maximum atomic E-state index is 11.2. The minimum atomic E-state index is -0.810. The van der Waals surface area contributed by atoms with E-state index in [-0.39, 0.29) is 0 Å². The minimum absolute atomic E-state index is 0.482. The molecular formula is C12H13ClO3. The lowest BCUT2D eigenvalue weighted by Gasteiger charge is -2.28. The lowest BCUT2D eigenvalue weighted by Crippen LogP contribution is -2.33. The normalized spacial score (nSPS) is 29.2. The van der Waals surface area contributed by atoms with Crippen molar-refractivity contribution in [3.63, 3.8) is 0 Å². The number of rotatable bonds is 2. The third-order valence-corrected chi connectivity index (χ3v) is 3.44. The summed E-state index contributed by atoms with van der Waals surface area (Å²) in [5.41, 5.74) is 0.123. The van der Waals surface area contributed by atoms with Crippen LogP contribution in [-0.2, 0) is 15.1 Å². The molecule has 1 aliphatic heterocycles. The van der Waals surface area contributed by atoms with Crippen LogP contribution in [0.1, 0.15) is 18.9 Å². The number of carboxylic acid groups (broad SMARTS) is 1. The van der Waals surface area contributed by atoms with Crippen molar-refractivity contribution >= 4 is 17.6 Å². The van der Waals surface area contributed by atoms with Crippen molar-refractivity contribution in [2.75, 3.05) is 6.61 Å². The van der Waals surface area contributed by atoms with Crippen LogP contribution in [-0.4, -0.2) is 17.7 Å². The number of benzene rings is 1. The predicted molar refractivity (Wildman–Crippen MR) is 60.5 cm³/mol. The topological polar surface area (TPSA) is 46.5 Å². The van der Waals surface area contributed by atoms with Crippen molar-refractivity contribution in [2.45, 2.75) is 18.9 Å². The fourth-order valence-electron chi connectivity index (χ4n) is 2.19. The Kier molecular flexibility index (Phi) is 2.91. The highest BCUT2D eigenvalue weighted by atomic mass is 35.5. The average molecular weight is 241 g/mol. The lowest BCUT2D eigenvalue weighted by molar-refractivity contribution is -0.148. The predicted octanol–water partition coefficient (Wildman–Crippen LogP) is 2.68. The molecule has 1 heterocycles. The number of hydrogen-bond acceptors (Lipinski definition) is 2. The van der Waals surface area contributed by atoms with Gasteiger partial charge in [-0.15, -0.1) is 0 Å². The summed E-state index contributed by atoms with van der Waals surface area (Å²) in [6, 6.07) is 7.15. The fourth-order valence-corrected chi connectivity index (χ4v) is 2.32. The van der Waals surface area contributed by atoms with E-state index in [4.69, 9.17) is 21.4 Å². The molecule has 3 nitrogen and oxygen atoms in total. The van der Waals surface area contributed by atoms with Crippen LogP contribution in [0.4, 0.5) is 0 Å². The molecule has 4 heteroatoms. The molecule has 0 bridgehead atoms. The second-order valence-corrected chi connectivity index (χ2v) is 4.58. The summed E-state index contributed by atoms with van der Waals surface area (Å²) in [6.45, 7) is 2.30. The molecule has 1 fully saturated rings. The van der Waals surface area contributed by atoms with Crippen LogP contribution in [0.2, 0.25) is 5.02 Å². The molecule has 1 N–H and O–H groups in total. The Hall–Kier alpha value is -1.06. The van der Waals surface area contributed by atoms with Crippen LogP contribution in [0.25, 0.3) is 0 Å². The Balaban J connectivity index is 2.37. The van der Waals surface area contributed by atoms with E-state index < -0.39 is 17.5 Å². The van der Waals surface area contributed by atoms with Gasteiger partial charge in [-0.1, -0.05) is 23.7 Å². The molecule has 1 aromatic carbocycles. The SMILES string of the molecule is CC1(c2ccc(Cl)cc2)OCCC1C(=O)O. The smallest absolute Gasteiger partial charge is 0.309 e. The molecule has 86 valence electrons. The van der Waals surface area contributed by atoms with Gasteiger partial charge >= 0.3 is 5.97 Å². The minimum Gasteiger partial charge on any atom is -0.481 e. The van der Waals surface area contributed by atoms with Gasteiger partial charge in [0.25, 0.3) is 0 Å². The molecule has 2 rings (SSSR count). The first-order valence-corrected chi connectivity index (χ1v) is 5.54. The molecule has 0 spiro atoms. The van der Waals surface area contributed by atoms with Gasteiger partial charge in [-0.25, -0.2) is 0 Å². The monoisotopic (exact) mass is 240 g/mol. The van der Waals surface area contributed by atoms with Crippen LogP contribution >= 0.6 is 11.6 Å². The third kappa shape index (κ3) is 1.81. The Labute approximate surface area is 99.0 Å². The summed E-state index contributed by atoms with van der Waals surface area (Å²) in [5, 5.41) is 9.80. The van der Waals surface area contributed by atoms with Crippen molar-refractivity contribution in [3.05, 3.63) is 34.9 Å². The quantitative estimate of drug-likeness (QED) is 0.865. The van der Waals surface area contributed by atoms with E-state index in [1.807, 2.05) is 19.1 Å². The van der Waals surface area contributed by atoms with Gasteiger partial charge in [0.05, 0.1) is 5.92 Å². The van der Waals surface area contributed by atoms with Gasteiger partial charge in [-0.2, -0.15) is 0 Å².